The van der Waals surface area contributed by atoms with Crippen molar-refractivity contribution in [1.29, 1.82) is 0 Å². The summed E-state index contributed by atoms with van der Waals surface area (Å²) in [5, 5.41) is 4.37. The van der Waals surface area contributed by atoms with E-state index in [9.17, 15) is 14.4 Å². The van der Waals surface area contributed by atoms with Crippen molar-refractivity contribution >= 4 is 29.2 Å². The number of hydrogen-bond donors (Lipinski definition) is 2. The number of para-hydroxylation sites is 1. The van der Waals surface area contributed by atoms with E-state index in [2.05, 4.69) is 15.7 Å². The molecule has 2 atom stereocenters. The van der Waals surface area contributed by atoms with E-state index in [1.54, 1.807) is 24.0 Å². The number of rotatable bonds is 5. The number of likely N-dealkylation sites (tertiary alicyclic amines) is 1. The Balaban J connectivity index is 1.70. The van der Waals surface area contributed by atoms with Gasteiger partial charge >= 0.3 is 0 Å². The van der Waals surface area contributed by atoms with Gasteiger partial charge in [-0.15, -0.1) is 0 Å². The van der Waals surface area contributed by atoms with Gasteiger partial charge in [-0.1, -0.05) is 25.1 Å². The number of nitrogens with zero attached hydrogens (tertiary/aromatic N) is 3. The number of aliphatic imine (C=N–C) groups is 1. The van der Waals surface area contributed by atoms with E-state index in [-0.39, 0.29) is 29.6 Å². The van der Waals surface area contributed by atoms with Gasteiger partial charge in [-0.05, 0) is 38.3 Å². The Labute approximate surface area is 164 Å². The zero-order chi connectivity index (χ0) is 20.1. The third-order valence-corrected chi connectivity index (χ3v) is 4.89. The second-order valence-electron chi connectivity index (χ2n) is 7.18. The maximum absolute atomic E-state index is 13.0. The molecule has 2 unspecified atom stereocenters. The molecule has 3 rings (SSSR count). The Hall–Kier alpha value is -2.90. The molecule has 2 heterocycles. The number of piperidine rings is 1. The SMILES string of the molecule is CCCC(=O)NC1CCCN(C(=O)C2=NC(C)C(=O)N(c3ccccc3)N2)C1. The van der Waals surface area contributed by atoms with Crippen molar-refractivity contribution in [2.24, 2.45) is 4.99 Å². The largest absolute Gasteiger partial charge is 0.352 e. The molecule has 8 heteroatoms. The molecule has 150 valence electrons. The standard InChI is InChI=1S/C20H27N5O3/c1-3-8-17(26)22-15-9-7-12-24(13-15)20(28)18-21-14(2)19(27)25(23-18)16-10-5-4-6-11-16/h4-6,10-11,14-15H,3,7-9,12-13H2,1-2H3,(H,21,23)(H,22,26). The zero-order valence-electron chi connectivity index (χ0n) is 16.4. The van der Waals surface area contributed by atoms with E-state index in [4.69, 9.17) is 0 Å². The van der Waals surface area contributed by atoms with Crippen LogP contribution in [0.5, 0.6) is 0 Å². The van der Waals surface area contributed by atoms with Gasteiger partial charge in [0.1, 0.15) is 6.04 Å². The fourth-order valence-electron chi connectivity index (χ4n) is 3.45. The highest BCUT2D eigenvalue weighted by molar-refractivity contribution is 6.39. The quantitative estimate of drug-likeness (QED) is 0.797. The summed E-state index contributed by atoms with van der Waals surface area (Å²) in [7, 11) is 0. The summed E-state index contributed by atoms with van der Waals surface area (Å²) in [5.74, 6) is -0.304. The minimum absolute atomic E-state index is 0.0180. The molecule has 1 aromatic carbocycles. The molecule has 0 radical (unpaired) electrons. The fraction of sp³-hybridized carbons (Fsp3) is 0.500. The van der Waals surface area contributed by atoms with Crippen molar-refractivity contribution in [2.75, 3.05) is 18.1 Å². The molecule has 0 saturated carbocycles. The Kier molecular flexibility index (Phi) is 6.28. The van der Waals surface area contributed by atoms with Gasteiger partial charge in [-0.2, -0.15) is 0 Å². The number of carbonyl (C=O) groups is 3. The van der Waals surface area contributed by atoms with Crippen LogP contribution in [-0.2, 0) is 14.4 Å². The minimum Gasteiger partial charge on any atom is -0.352 e. The molecule has 2 aliphatic rings. The van der Waals surface area contributed by atoms with Crippen LogP contribution in [0.2, 0.25) is 0 Å². The second-order valence-corrected chi connectivity index (χ2v) is 7.18. The third-order valence-electron chi connectivity index (χ3n) is 4.89. The molecule has 0 aliphatic carbocycles. The highest BCUT2D eigenvalue weighted by Gasteiger charge is 2.34. The van der Waals surface area contributed by atoms with Gasteiger partial charge in [-0.25, -0.2) is 10.0 Å². The summed E-state index contributed by atoms with van der Waals surface area (Å²) >= 11 is 0. The molecule has 2 N–H and O–H groups in total. The van der Waals surface area contributed by atoms with E-state index in [1.807, 2.05) is 25.1 Å². The average Bonchev–Trinajstić information content (AvgIpc) is 2.70. The van der Waals surface area contributed by atoms with Gasteiger partial charge in [0.05, 0.1) is 5.69 Å². The van der Waals surface area contributed by atoms with Crippen molar-refractivity contribution in [3.8, 4) is 0 Å². The van der Waals surface area contributed by atoms with Gasteiger partial charge < -0.3 is 10.2 Å². The molecular formula is C20H27N5O3. The normalized spacial score (nSPS) is 22.4. The summed E-state index contributed by atoms with van der Waals surface area (Å²) < 4.78 is 0. The third kappa shape index (κ3) is 4.49. The number of anilines is 1. The smallest absolute Gasteiger partial charge is 0.290 e. The summed E-state index contributed by atoms with van der Waals surface area (Å²) in [6, 6.07) is 8.42. The number of hydrogen-bond acceptors (Lipinski definition) is 5. The highest BCUT2D eigenvalue weighted by atomic mass is 16.2. The van der Waals surface area contributed by atoms with Crippen LogP contribution >= 0.6 is 0 Å². The first-order chi connectivity index (χ1) is 13.5. The lowest BCUT2D eigenvalue weighted by molar-refractivity contribution is -0.128. The topological polar surface area (TPSA) is 94.1 Å². The van der Waals surface area contributed by atoms with E-state index >= 15 is 0 Å². The molecule has 3 amide bonds. The fourth-order valence-corrected chi connectivity index (χ4v) is 3.45. The van der Waals surface area contributed by atoms with Crippen LogP contribution in [0.3, 0.4) is 0 Å². The van der Waals surface area contributed by atoms with Crippen LogP contribution in [0.25, 0.3) is 0 Å². The monoisotopic (exact) mass is 385 g/mol. The highest BCUT2D eigenvalue weighted by Crippen LogP contribution is 2.17. The lowest BCUT2D eigenvalue weighted by Gasteiger charge is -2.36. The van der Waals surface area contributed by atoms with Crippen LogP contribution in [-0.4, -0.2) is 53.6 Å². The summed E-state index contributed by atoms with van der Waals surface area (Å²) in [6.45, 7) is 4.69. The summed E-state index contributed by atoms with van der Waals surface area (Å²) in [6.07, 6.45) is 2.95. The average molecular weight is 385 g/mol. The minimum atomic E-state index is -0.648. The van der Waals surface area contributed by atoms with E-state index in [1.165, 1.54) is 5.01 Å². The van der Waals surface area contributed by atoms with E-state index in [0.29, 0.717) is 25.2 Å². The van der Waals surface area contributed by atoms with Crippen molar-refractivity contribution in [3.63, 3.8) is 0 Å². The molecule has 0 spiro atoms. The molecule has 8 nitrogen and oxygen atoms in total. The van der Waals surface area contributed by atoms with Crippen LogP contribution in [0, 0.1) is 0 Å². The summed E-state index contributed by atoms with van der Waals surface area (Å²) in [4.78, 5) is 43.3. The Bertz CT molecular complexity index is 764. The second kappa shape index (κ2) is 8.86. The van der Waals surface area contributed by atoms with E-state index < -0.39 is 6.04 Å². The Morgan fingerprint density at radius 1 is 1.29 bits per heavy atom. The number of amidine groups is 1. The predicted molar refractivity (Wildman–Crippen MR) is 107 cm³/mol. The van der Waals surface area contributed by atoms with E-state index in [0.717, 1.165) is 19.3 Å². The molecule has 1 saturated heterocycles. The predicted octanol–water partition coefficient (Wildman–Crippen LogP) is 1.23. The van der Waals surface area contributed by atoms with Crippen LogP contribution in [0.4, 0.5) is 5.69 Å². The lowest BCUT2D eigenvalue weighted by Crippen LogP contribution is -2.60. The maximum Gasteiger partial charge on any atom is 0.290 e. The number of benzene rings is 1. The zero-order valence-corrected chi connectivity index (χ0v) is 16.4. The van der Waals surface area contributed by atoms with Gasteiger partial charge in [0.15, 0.2) is 0 Å². The van der Waals surface area contributed by atoms with Crippen LogP contribution in [0.1, 0.15) is 39.5 Å². The molecule has 1 aromatic rings. The molecule has 2 aliphatic heterocycles. The van der Waals surface area contributed by atoms with Gasteiger partial charge in [-0.3, -0.25) is 19.8 Å². The van der Waals surface area contributed by atoms with Gasteiger partial charge in [0, 0.05) is 25.6 Å². The number of amides is 3. The molecule has 28 heavy (non-hydrogen) atoms. The first-order valence-corrected chi connectivity index (χ1v) is 9.81. The molecule has 0 aromatic heterocycles. The van der Waals surface area contributed by atoms with Gasteiger partial charge in [0.25, 0.3) is 11.8 Å². The van der Waals surface area contributed by atoms with Crippen molar-refractivity contribution < 1.29 is 14.4 Å². The molecule has 0 bridgehead atoms. The number of carbonyl (C=O) groups excluding carboxylic acids is 3. The summed E-state index contributed by atoms with van der Waals surface area (Å²) in [5.41, 5.74) is 3.53. The number of hydrazine groups is 1. The first-order valence-electron chi connectivity index (χ1n) is 9.81. The Morgan fingerprint density at radius 2 is 2.04 bits per heavy atom. The molecule has 1 fully saturated rings. The van der Waals surface area contributed by atoms with Crippen LogP contribution in [0.15, 0.2) is 35.3 Å². The van der Waals surface area contributed by atoms with Crippen molar-refractivity contribution in [1.82, 2.24) is 15.6 Å². The number of nitrogens with one attached hydrogen (secondary N) is 2. The first kappa shape index (κ1) is 19.9. The lowest BCUT2D eigenvalue weighted by atomic mass is 10.1. The Morgan fingerprint density at radius 3 is 2.75 bits per heavy atom. The maximum atomic E-state index is 13.0. The molecular weight excluding hydrogens is 358 g/mol. The van der Waals surface area contributed by atoms with Crippen molar-refractivity contribution in [2.45, 2.75) is 51.6 Å². The van der Waals surface area contributed by atoms with Crippen molar-refractivity contribution in [3.05, 3.63) is 30.3 Å². The van der Waals surface area contributed by atoms with Crippen LogP contribution < -0.4 is 15.8 Å². The van der Waals surface area contributed by atoms with Gasteiger partial charge in [0.2, 0.25) is 11.7 Å².